The third-order valence-electron chi connectivity index (χ3n) is 3.91. The van der Waals surface area contributed by atoms with E-state index in [2.05, 4.69) is 26.2 Å². The van der Waals surface area contributed by atoms with E-state index < -0.39 is 0 Å². The van der Waals surface area contributed by atoms with E-state index in [1.807, 2.05) is 72.1 Å². The van der Waals surface area contributed by atoms with Gasteiger partial charge in [-0.25, -0.2) is 4.98 Å². The van der Waals surface area contributed by atoms with Crippen LogP contribution in [0.15, 0.2) is 76.6 Å². The van der Waals surface area contributed by atoms with Gasteiger partial charge in [0.2, 0.25) is 0 Å². The van der Waals surface area contributed by atoms with E-state index in [9.17, 15) is 4.79 Å². The Kier molecular flexibility index (Phi) is 4.34. The van der Waals surface area contributed by atoms with Crippen molar-refractivity contribution in [2.24, 2.45) is 0 Å². The first-order valence-corrected chi connectivity index (χ1v) is 9.39. The molecule has 0 unspecified atom stereocenters. The molecule has 1 amide bonds. The minimum atomic E-state index is -0.155. The second-order valence-electron chi connectivity index (χ2n) is 5.50. The van der Waals surface area contributed by atoms with E-state index in [0.717, 1.165) is 26.5 Å². The van der Waals surface area contributed by atoms with Crippen molar-refractivity contribution >= 4 is 49.1 Å². The number of carbonyl (C=O) groups excluding carboxylic acids is 1. The summed E-state index contributed by atoms with van der Waals surface area (Å²) in [6, 6.07) is 21.5. The Bertz CT molecular complexity index is 1060. The van der Waals surface area contributed by atoms with Crippen molar-refractivity contribution in [3.8, 4) is 11.3 Å². The fourth-order valence-electron chi connectivity index (χ4n) is 2.71. The van der Waals surface area contributed by atoms with Crippen LogP contribution in [0, 0.1) is 0 Å². The molecule has 0 atom stereocenters. The molecule has 5 heteroatoms. The molecule has 3 nitrogen and oxygen atoms in total. The number of benzene rings is 3. The maximum absolute atomic E-state index is 12.7. The molecule has 0 saturated heterocycles. The number of aromatic nitrogens is 1. The summed E-state index contributed by atoms with van der Waals surface area (Å²) in [7, 11) is 0. The highest BCUT2D eigenvalue weighted by molar-refractivity contribution is 9.10. The van der Waals surface area contributed by atoms with Crippen LogP contribution < -0.4 is 5.32 Å². The lowest BCUT2D eigenvalue weighted by atomic mass is 10.0. The molecule has 4 rings (SSSR count). The first-order chi connectivity index (χ1) is 12.2. The number of halogens is 1. The number of carbonyl (C=O) groups is 1. The molecule has 0 aliphatic heterocycles. The van der Waals surface area contributed by atoms with Crippen LogP contribution in [-0.4, -0.2) is 10.9 Å². The fourth-order valence-corrected chi connectivity index (χ4v) is 3.92. The molecule has 1 N–H and O–H groups in total. The number of anilines is 1. The van der Waals surface area contributed by atoms with Gasteiger partial charge < -0.3 is 0 Å². The van der Waals surface area contributed by atoms with Gasteiger partial charge in [0, 0.05) is 21.0 Å². The van der Waals surface area contributed by atoms with Crippen LogP contribution in [0.25, 0.3) is 22.0 Å². The van der Waals surface area contributed by atoms with Crippen molar-refractivity contribution < 1.29 is 4.79 Å². The maximum atomic E-state index is 12.7. The number of hydrogen-bond acceptors (Lipinski definition) is 3. The minimum Gasteiger partial charge on any atom is -0.298 e. The summed E-state index contributed by atoms with van der Waals surface area (Å²) in [5, 5.41) is 7.38. The van der Waals surface area contributed by atoms with Gasteiger partial charge in [0.15, 0.2) is 5.13 Å². The average molecular weight is 409 g/mol. The molecule has 1 aromatic heterocycles. The van der Waals surface area contributed by atoms with Gasteiger partial charge in [-0.05, 0) is 22.9 Å². The molecular weight excluding hydrogens is 396 g/mol. The van der Waals surface area contributed by atoms with E-state index in [-0.39, 0.29) is 5.91 Å². The zero-order chi connectivity index (χ0) is 17.2. The number of nitrogens with one attached hydrogen (secondary N) is 1. The predicted molar refractivity (Wildman–Crippen MR) is 107 cm³/mol. The highest BCUT2D eigenvalue weighted by Crippen LogP contribution is 2.28. The molecule has 0 bridgehead atoms. The second-order valence-corrected chi connectivity index (χ2v) is 7.21. The van der Waals surface area contributed by atoms with Crippen LogP contribution in [-0.2, 0) is 0 Å². The lowest BCUT2D eigenvalue weighted by Gasteiger charge is -2.07. The summed E-state index contributed by atoms with van der Waals surface area (Å²) < 4.78 is 0.972. The number of hydrogen-bond donors (Lipinski definition) is 1. The molecule has 0 aliphatic carbocycles. The highest BCUT2D eigenvalue weighted by atomic mass is 79.9. The SMILES string of the molecule is O=C(Nc1nc(-c2ccccc2)cs1)c1cccc2c(Br)cccc12. The molecular formula is C20H13BrN2OS. The predicted octanol–water partition coefficient (Wildman–Crippen LogP) is 5.98. The van der Waals surface area contributed by atoms with Crippen molar-refractivity contribution in [2.75, 3.05) is 5.32 Å². The van der Waals surface area contributed by atoms with Gasteiger partial charge >= 0.3 is 0 Å². The van der Waals surface area contributed by atoms with Gasteiger partial charge in [-0.15, -0.1) is 11.3 Å². The molecule has 1 heterocycles. The Labute approximate surface area is 157 Å². The summed E-state index contributed by atoms with van der Waals surface area (Å²) in [4.78, 5) is 17.2. The van der Waals surface area contributed by atoms with Gasteiger partial charge in [0.1, 0.15) is 0 Å². The van der Waals surface area contributed by atoms with Crippen molar-refractivity contribution in [3.63, 3.8) is 0 Å². The second kappa shape index (κ2) is 6.78. The Hall–Kier alpha value is -2.50. The topological polar surface area (TPSA) is 42.0 Å². The van der Waals surface area contributed by atoms with Gasteiger partial charge in [0.05, 0.1) is 5.69 Å². The Morgan fingerprint density at radius 2 is 1.68 bits per heavy atom. The van der Waals surface area contributed by atoms with E-state index in [0.29, 0.717) is 10.7 Å². The zero-order valence-electron chi connectivity index (χ0n) is 13.1. The summed E-state index contributed by atoms with van der Waals surface area (Å²) in [6.45, 7) is 0. The number of amides is 1. The van der Waals surface area contributed by atoms with Crippen molar-refractivity contribution in [1.82, 2.24) is 4.98 Å². The lowest BCUT2D eigenvalue weighted by molar-refractivity contribution is 0.102. The highest BCUT2D eigenvalue weighted by Gasteiger charge is 2.13. The normalized spacial score (nSPS) is 10.8. The molecule has 3 aromatic carbocycles. The summed E-state index contributed by atoms with van der Waals surface area (Å²) in [5.74, 6) is -0.155. The van der Waals surface area contributed by atoms with Gasteiger partial charge in [0.25, 0.3) is 5.91 Å². The Morgan fingerprint density at radius 1 is 0.920 bits per heavy atom. The van der Waals surface area contributed by atoms with Crippen LogP contribution in [0.2, 0.25) is 0 Å². The number of fused-ring (bicyclic) bond motifs is 1. The van der Waals surface area contributed by atoms with E-state index in [1.165, 1.54) is 11.3 Å². The van der Waals surface area contributed by atoms with Crippen LogP contribution in [0.1, 0.15) is 10.4 Å². The van der Waals surface area contributed by atoms with Gasteiger partial charge in [-0.1, -0.05) is 70.5 Å². The number of nitrogens with zero attached hydrogens (tertiary/aromatic N) is 1. The number of thiazole rings is 1. The quantitative estimate of drug-likeness (QED) is 0.453. The van der Waals surface area contributed by atoms with Crippen LogP contribution in [0.3, 0.4) is 0 Å². The van der Waals surface area contributed by atoms with E-state index >= 15 is 0 Å². The van der Waals surface area contributed by atoms with E-state index in [1.54, 1.807) is 0 Å². The van der Waals surface area contributed by atoms with Crippen LogP contribution in [0.4, 0.5) is 5.13 Å². The molecule has 0 radical (unpaired) electrons. The smallest absolute Gasteiger partial charge is 0.258 e. The van der Waals surface area contributed by atoms with Crippen molar-refractivity contribution in [3.05, 3.63) is 82.1 Å². The molecule has 0 spiro atoms. The molecule has 0 saturated carbocycles. The first kappa shape index (κ1) is 16.0. The third-order valence-corrected chi connectivity index (χ3v) is 5.36. The third kappa shape index (κ3) is 3.21. The first-order valence-electron chi connectivity index (χ1n) is 7.72. The van der Waals surface area contributed by atoms with Crippen LogP contribution >= 0.6 is 27.3 Å². The van der Waals surface area contributed by atoms with Gasteiger partial charge in [-0.3, -0.25) is 10.1 Å². The summed E-state index contributed by atoms with van der Waals surface area (Å²) >= 11 is 4.96. The maximum Gasteiger partial charge on any atom is 0.258 e. The molecule has 0 aliphatic rings. The van der Waals surface area contributed by atoms with Gasteiger partial charge in [-0.2, -0.15) is 0 Å². The molecule has 4 aromatic rings. The zero-order valence-corrected chi connectivity index (χ0v) is 15.5. The lowest BCUT2D eigenvalue weighted by Crippen LogP contribution is -2.12. The largest absolute Gasteiger partial charge is 0.298 e. The van der Waals surface area contributed by atoms with Crippen molar-refractivity contribution in [1.29, 1.82) is 0 Å². The standard InChI is InChI=1S/C20H13BrN2OS/c21-17-11-5-8-14-15(17)9-4-10-16(14)19(24)23-20-22-18(12-25-20)13-6-2-1-3-7-13/h1-12H,(H,22,23,24). The van der Waals surface area contributed by atoms with Crippen molar-refractivity contribution in [2.45, 2.75) is 0 Å². The minimum absolute atomic E-state index is 0.155. The number of rotatable bonds is 3. The molecule has 122 valence electrons. The monoisotopic (exact) mass is 408 g/mol. The Balaban J connectivity index is 1.63. The molecule has 0 fully saturated rings. The molecule has 25 heavy (non-hydrogen) atoms. The summed E-state index contributed by atoms with van der Waals surface area (Å²) in [6.07, 6.45) is 0. The van der Waals surface area contributed by atoms with E-state index in [4.69, 9.17) is 0 Å². The average Bonchev–Trinajstić information content (AvgIpc) is 3.11. The fraction of sp³-hybridized carbons (Fsp3) is 0. The Morgan fingerprint density at radius 3 is 2.52 bits per heavy atom. The summed E-state index contributed by atoms with van der Waals surface area (Å²) in [5.41, 5.74) is 2.53. The van der Waals surface area contributed by atoms with Crippen LogP contribution in [0.5, 0.6) is 0 Å².